The minimum Gasteiger partial charge on any atom is -0.381 e. The van der Waals surface area contributed by atoms with Crippen molar-refractivity contribution < 1.29 is 4.79 Å². The number of pyridine rings is 1. The van der Waals surface area contributed by atoms with Gasteiger partial charge < -0.3 is 10.6 Å². The highest BCUT2D eigenvalue weighted by Gasteiger charge is 2.10. The molecule has 0 bridgehead atoms. The number of nitrogens with one attached hydrogen (secondary N) is 2. The Morgan fingerprint density at radius 3 is 2.65 bits per heavy atom. The Morgan fingerprint density at radius 1 is 1.12 bits per heavy atom. The molecule has 0 saturated carbocycles. The molecule has 2 heterocycles. The van der Waals surface area contributed by atoms with Gasteiger partial charge in [0, 0.05) is 42.3 Å². The average molecular weight is 349 g/mol. The summed E-state index contributed by atoms with van der Waals surface area (Å²) in [5.41, 5.74) is 5.68. The van der Waals surface area contributed by atoms with Crippen molar-refractivity contribution in [3.05, 3.63) is 76.9 Å². The van der Waals surface area contributed by atoms with Crippen LogP contribution in [0.3, 0.4) is 0 Å². The van der Waals surface area contributed by atoms with Gasteiger partial charge in [0.05, 0.1) is 17.9 Å². The van der Waals surface area contributed by atoms with Gasteiger partial charge in [-0.3, -0.25) is 14.5 Å². The summed E-state index contributed by atoms with van der Waals surface area (Å²) in [6.45, 7) is 5.14. The van der Waals surface area contributed by atoms with Crippen LogP contribution < -0.4 is 10.6 Å². The molecule has 134 valence electrons. The Morgan fingerprint density at radius 2 is 1.96 bits per heavy atom. The maximum absolute atomic E-state index is 12.4. The average Bonchev–Trinajstić information content (AvgIpc) is 2.91. The Hall–Kier alpha value is -3.15. The highest BCUT2D eigenvalue weighted by molar-refractivity contribution is 5.95. The molecule has 0 unspecified atom stereocenters. The lowest BCUT2D eigenvalue weighted by molar-refractivity contribution is 0.0950. The van der Waals surface area contributed by atoms with Crippen molar-refractivity contribution in [3.8, 4) is 0 Å². The predicted molar refractivity (Wildman–Crippen MR) is 102 cm³/mol. The molecule has 1 aromatic carbocycles. The van der Waals surface area contributed by atoms with E-state index in [9.17, 15) is 4.79 Å². The monoisotopic (exact) mass is 349 g/mol. The van der Waals surface area contributed by atoms with Gasteiger partial charge in [0.2, 0.25) is 0 Å². The molecule has 0 atom stereocenters. The number of nitrogens with zero attached hydrogens (tertiary/aromatic N) is 3. The van der Waals surface area contributed by atoms with E-state index in [1.807, 2.05) is 55.1 Å². The van der Waals surface area contributed by atoms with Crippen molar-refractivity contribution in [1.29, 1.82) is 0 Å². The van der Waals surface area contributed by atoms with Crippen LogP contribution in [0.4, 0.5) is 5.69 Å². The zero-order valence-electron chi connectivity index (χ0n) is 15.3. The number of aryl methyl sites for hydroxylation is 2. The quantitative estimate of drug-likeness (QED) is 0.718. The second-order valence-electron chi connectivity index (χ2n) is 6.21. The molecule has 0 aliphatic rings. The molecule has 6 heteroatoms. The highest BCUT2D eigenvalue weighted by Crippen LogP contribution is 2.16. The van der Waals surface area contributed by atoms with E-state index in [0.717, 1.165) is 22.8 Å². The van der Waals surface area contributed by atoms with Crippen LogP contribution in [0.1, 0.15) is 33.0 Å². The van der Waals surface area contributed by atoms with Crippen molar-refractivity contribution in [2.75, 3.05) is 5.32 Å². The van der Waals surface area contributed by atoms with E-state index in [0.29, 0.717) is 18.7 Å². The Labute approximate surface area is 153 Å². The van der Waals surface area contributed by atoms with Crippen molar-refractivity contribution in [3.63, 3.8) is 0 Å². The number of hydrogen-bond acceptors (Lipinski definition) is 4. The van der Waals surface area contributed by atoms with Crippen LogP contribution in [0.5, 0.6) is 0 Å². The number of carbonyl (C=O) groups excluding carboxylic acids is 1. The third kappa shape index (κ3) is 4.08. The van der Waals surface area contributed by atoms with Gasteiger partial charge in [0.25, 0.3) is 5.91 Å². The van der Waals surface area contributed by atoms with E-state index in [2.05, 4.69) is 27.6 Å². The molecular weight excluding hydrogens is 326 g/mol. The zero-order valence-corrected chi connectivity index (χ0v) is 15.3. The molecule has 2 aromatic heterocycles. The number of hydrogen-bond donors (Lipinski definition) is 2. The number of carbonyl (C=O) groups is 1. The van der Waals surface area contributed by atoms with Gasteiger partial charge in [-0.2, -0.15) is 5.10 Å². The van der Waals surface area contributed by atoms with Gasteiger partial charge in [-0.05, 0) is 44.2 Å². The van der Waals surface area contributed by atoms with Crippen LogP contribution in [0.2, 0.25) is 0 Å². The Bertz CT molecular complexity index is 902. The Balaban J connectivity index is 1.63. The summed E-state index contributed by atoms with van der Waals surface area (Å²) in [6.07, 6.45) is 1.72. The first-order valence-electron chi connectivity index (χ1n) is 8.55. The first kappa shape index (κ1) is 17.7. The van der Waals surface area contributed by atoms with E-state index in [1.165, 1.54) is 5.56 Å². The van der Waals surface area contributed by atoms with Gasteiger partial charge in [-0.15, -0.1) is 0 Å². The molecule has 2 N–H and O–H groups in total. The van der Waals surface area contributed by atoms with Crippen LogP contribution in [0, 0.1) is 13.8 Å². The maximum Gasteiger partial charge on any atom is 0.251 e. The fraction of sp³-hybridized carbons (Fsp3) is 0.250. The van der Waals surface area contributed by atoms with Gasteiger partial charge in [0.15, 0.2) is 0 Å². The van der Waals surface area contributed by atoms with Gasteiger partial charge in [-0.25, -0.2) is 0 Å². The lowest BCUT2D eigenvalue weighted by atomic mass is 10.1. The van der Waals surface area contributed by atoms with Crippen LogP contribution in [0.25, 0.3) is 0 Å². The Kier molecular flexibility index (Phi) is 5.31. The number of benzene rings is 1. The predicted octanol–water partition coefficient (Wildman–Crippen LogP) is 2.97. The number of aromatic nitrogens is 3. The summed E-state index contributed by atoms with van der Waals surface area (Å²) in [4.78, 5) is 16.6. The fourth-order valence-electron chi connectivity index (χ4n) is 2.81. The van der Waals surface area contributed by atoms with Gasteiger partial charge >= 0.3 is 0 Å². The number of rotatable bonds is 6. The first-order chi connectivity index (χ1) is 12.5. The number of amides is 1. The molecule has 0 fully saturated rings. The second kappa shape index (κ2) is 7.82. The van der Waals surface area contributed by atoms with Crippen LogP contribution in [0.15, 0.2) is 48.7 Å². The molecule has 1 amide bonds. The van der Waals surface area contributed by atoms with Crippen LogP contribution in [-0.4, -0.2) is 20.7 Å². The van der Waals surface area contributed by atoms with E-state index in [1.54, 1.807) is 12.3 Å². The SMILES string of the molecule is Cc1nn(C)c(C)c1CNc1cccc(C(=O)NCc2ccccn2)c1. The third-order valence-electron chi connectivity index (χ3n) is 4.41. The molecule has 6 nitrogen and oxygen atoms in total. The van der Waals surface area contributed by atoms with Gasteiger partial charge in [-0.1, -0.05) is 12.1 Å². The fourth-order valence-corrected chi connectivity index (χ4v) is 2.81. The topological polar surface area (TPSA) is 71.8 Å². The largest absolute Gasteiger partial charge is 0.381 e. The van der Waals surface area contributed by atoms with Crippen molar-refractivity contribution in [2.24, 2.45) is 7.05 Å². The van der Waals surface area contributed by atoms with E-state index in [4.69, 9.17) is 0 Å². The minimum atomic E-state index is -0.118. The van der Waals surface area contributed by atoms with Crippen molar-refractivity contribution in [2.45, 2.75) is 26.9 Å². The molecule has 0 aliphatic carbocycles. The molecule has 0 saturated heterocycles. The third-order valence-corrected chi connectivity index (χ3v) is 4.41. The summed E-state index contributed by atoms with van der Waals surface area (Å²) in [7, 11) is 1.94. The second-order valence-corrected chi connectivity index (χ2v) is 6.21. The molecule has 26 heavy (non-hydrogen) atoms. The van der Waals surface area contributed by atoms with Crippen molar-refractivity contribution >= 4 is 11.6 Å². The normalized spacial score (nSPS) is 10.6. The smallest absolute Gasteiger partial charge is 0.251 e. The van der Waals surface area contributed by atoms with Crippen molar-refractivity contribution in [1.82, 2.24) is 20.1 Å². The minimum absolute atomic E-state index is 0.118. The standard InChI is InChI=1S/C20H23N5O/c1-14-19(15(2)25(3)24-14)13-22-17-9-6-7-16(11-17)20(26)23-12-18-8-4-5-10-21-18/h4-11,22H,12-13H2,1-3H3,(H,23,26). The lowest BCUT2D eigenvalue weighted by Gasteiger charge is -2.09. The molecule has 0 aliphatic heterocycles. The van der Waals surface area contributed by atoms with E-state index in [-0.39, 0.29) is 5.91 Å². The summed E-state index contributed by atoms with van der Waals surface area (Å²) in [5, 5.41) is 10.7. The summed E-state index contributed by atoms with van der Waals surface area (Å²) in [6, 6.07) is 13.1. The maximum atomic E-state index is 12.4. The molecule has 3 aromatic rings. The summed E-state index contributed by atoms with van der Waals surface area (Å²) >= 11 is 0. The molecule has 3 rings (SSSR count). The zero-order chi connectivity index (χ0) is 18.5. The highest BCUT2D eigenvalue weighted by atomic mass is 16.1. The van der Waals surface area contributed by atoms with Gasteiger partial charge in [0.1, 0.15) is 0 Å². The lowest BCUT2D eigenvalue weighted by Crippen LogP contribution is -2.23. The molecular formula is C20H23N5O. The van der Waals surface area contributed by atoms with Crippen LogP contribution >= 0.6 is 0 Å². The first-order valence-corrected chi connectivity index (χ1v) is 8.55. The summed E-state index contributed by atoms with van der Waals surface area (Å²) < 4.78 is 1.88. The molecule has 0 spiro atoms. The number of anilines is 1. The summed E-state index contributed by atoms with van der Waals surface area (Å²) in [5.74, 6) is -0.118. The van der Waals surface area contributed by atoms with E-state index < -0.39 is 0 Å². The molecule has 0 radical (unpaired) electrons. The van der Waals surface area contributed by atoms with E-state index >= 15 is 0 Å². The van der Waals surface area contributed by atoms with Crippen LogP contribution in [-0.2, 0) is 20.1 Å².